The summed E-state index contributed by atoms with van der Waals surface area (Å²) < 4.78 is 37.4. The Hall–Kier alpha value is -2.08. The van der Waals surface area contributed by atoms with Crippen molar-refractivity contribution in [2.45, 2.75) is 10.6 Å². The van der Waals surface area contributed by atoms with E-state index in [0.29, 0.717) is 5.56 Å². The molecule has 0 atom stereocenters. The number of benzene rings is 2. The highest BCUT2D eigenvalue weighted by atomic mass is 32.2. The van der Waals surface area contributed by atoms with Crippen molar-refractivity contribution < 1.29 is 17.9 Å². The van der Waals surface area contributed by atoms with Crippen LogP contribution in [-0.4, -0.2) is 13.5 Å². The second-order valence-corrected chi connectivity index (χ2v) is 6.14. The topological polar surface area (TPSA) is 80.4 Å². The maximum atomic E-state index is 13.2. The number of halogens is 1. The first-order valence-corrected chi connectivity index (χ1v) is 7.09. The molecule has 19 heavy (non-hydrogen) atoms. The van der Waals surface area contributed by atoms with Gasteiger partial charge in [0.2, 0.25) is 0 Å². The van der Waals surface area contributed by atoms with Gasteiger partial charge < -0.3 is 10.8 Å². The van der Waals surface area contributed by atoms with Crippen molar-refractivity contribution in [3.8, 4) is 5.75 Å². The van der Waals surface area contributed by atoms with E-state index < -0.39 is 15.7 Å². The van der Waals surface area contributed by atoms with Gasteiger partial charge in [0.25, 0.3) is 0 Å². The Bertz CT molecular complexity index is 676. The Morgan fingerprint density at radius 2 is 1.74 bits per heavy atom. The van der Waals surface area contributed by atoms with Crippen molar-refractivity contribution in [2.24, 2.45) is 0 Å². The lowest BCUT2D eigenvalue weighted by Gasteiger charge is -2.06. The van der Waals surface area contributed by atoms with E-state index in [-0.39, 0.29) is 22.1 Å². The van der Waals surface area contributed by atoms with Crippen LogP contribution in [0.1, 0.15) is 5.56 Å². The smallest absolute Gasteiger partial charge is 0.182 e. The lowest BCUT2D eigenvalue weighted by molar-refractivity contribution is 0.475. The van der Waals surface area contributed by atoms with Crippen molar-refractivity contribution in [3.63, 3.8) is 0 Å². The molecule has 0 aliphatic heterocycles. The fraction of sp³-hybridized carbons (Fsp3) is 0.0769. The lowest BCUT2D eigenvalue weighted by Crippen LogP contribution is -2.06. The van der Waals surface area contributed by atoms with Gasteiger partial charge in [-0.3, -0.25) is 0 Å². The molecule has 0 spiro atoms. The van der Waals surface area contributed by atoms with Gasteiger partial charge in [0.15, 0.2) is 9.84 Å². The Kier molecular flexibility index (Phi) is 3.44. The Morgan fingerprint density at radius 1 is 1.11 bits per heavy atom. The summed E-state index contributed by atoms with van der Waals surface area (Å²) in [6.45, 7) is 0. The zero-order chi connectivity index (χ0) is 14.0. The monoisotopic (exact) mass is 281 g/mol. The molecule has 6 heteroatoms. The van der Waals surface area contributed by atoms with E-state index in [1.165, 1.54) is 30.3 Å². The van der Waals surface area contributed by atoms with Gasteiger partial charge in [-0.15, -0.1) is 0 Å². The highest BCUT2D eigenvalue weighted by Crippen LogP contribution is 2.21. The van der Waals surface area contributed by atoms with Gasteiger partial charge in [0.1, 0.15) is 11.6 Å². The molecule has 0 aliphatic rings. The molecule has 2 aromatic carbocycles. The maximum absolute atomic E-state index is 13.2. The number of phenols is 1. The third-order valence-corrected chi connectivity index (χ3v) is 4.21. The largest absolute Gasteiger partial charge is 0.508 e. The Balaban J connectivity index is 2.34. The number of hydrogen-bond acceptors (Lipinski definition) is 4. The molecule has 0 fully saturated rings. The van der Waals surface area contributed by atoms with Crippen LogP contribution in [0.5, 0.6) is 5.75 Å². The minimum Gasteiger partial charge on any atom is -0.508 e. The Morgan fingerprint density at radius 3 is 2.32 bits per heavy atom. The average Bonchev–Trinajstić information content (AvgIpc) is 2.31. The quantitative estimate of drug-likeness (QED) is 0.844. The lowest BCUT2D eigenvalue weighted by atomic mass is 10.2. The van der Waals surface area contributed by atoms with Crippen LogP contribution in [0, 0.1) is 5.82 Å². The number of nitrogens with two attached hydrogens (primary N) is 1. The van der Waals surface area contributed by atoms with E-state index in [4.69, 9.17) is 10.8 Å². The van der Waals surface area contributed by atoms with E-state index in [0.717, 1.165) is 12.1 Å². The molecular formula is C13H12FNO3S. The molecule has 0 saturated heterocycles. The third kappa shape index (κ3) is 3.23. The number of hydrogen-bond donors (Lipinski definition) is 2. The van der Waals surface area contributed by atoms with E-state index in [1.807, 2.05) is 0 Å². The molecule has 4 nitrogen and oxygen atoms in total. The molecule has 0 heterocycles. The number of aromatic hydroxyl groups is 1. The zero-order valence-corrected chi connectivity index (χ0v) is 10.7. The molecule has 0 aliphatic carbocycles. The van der Waals surface area contributed by atoms with Crippen LogP contribution in [-0.2, 0) is 15.6 Å². The van der Waals surface area contributed by atoms with Gasteiger partial charge in [0.05, 0.1) is 10.6 Å². The van der Waals surface area contributed by atoms with Crippen molar-refractivity contribution in [1.82, 2.24) is 0 Å². The molecule has 0 aromatic heterocycles. The average molecular weight is 281 g/mol. The molecule has 2 aromatic rings. The van der Waals surface area contributed by atoms with Crippen molar-refractivity contribution in [1.29, 1.82) is 0 Å². The molecule has 2 rings (SSSR count). The fourth-order valence-electron chi connectivity index (χ4n) is 1.66. The van der Waals surface area contributed by atoms with Crippen molar-refractivity contribution in [2.75, 3.05) is 5.73 Å². The van der Waals surface area contributed by atoms with Gasteiger partial charge in [-0.25, -0.2) is 12.8 Å². The number of nitrogen functional groups attached to an aromatic ring is 1. The van der Waals surface area contributed by atoms with Crippen LogP contribution in [0.3, 0.4) is 0 Å². The first-order valence-electron chi connectivity index (χ1n) is 5.43. The number of sulfone groups is 1. The first-order chi connectivity index (χ1) is 8.87. The first kappa shape index (κ1) is 13.4. The second kappa shape index (κ2) is 4.89. The van der Waals surface area contributed by atoms with Gasteiger partial charge >= 0.3 is 0 Å². The van der Waals surface area contributed by atoms with E-state index in [9.17, 15) is 12.8 Å². The summed E-state index contributed by atoms with van der Waals surface area (Å²) in [6, 6.07) is 8.99. The summed E-state index contributed by atoms with van der Waals surface area (Å²) in [5.74, 6) is -0.920. The SMILES string of the molecule is Nc1cc(F)cc(S(=O)(=O)Cc2ccc(O)cc2)c1. The fourth-order valence-corrected chi connectivity index (χ4v) is 3.06. The minimum absolute atomic E-state index is 0.0520. The predicted octanol–water partition coefficient (Wildman–Crippen LogP) is 2.09. The van der Waals surface area contributed by atoms with Gasteiger partial charge in [-0.05, 0) is 35.9 Å². The summed E-state index contributed by atoms with van der Waals surface area (Å²) in [5.41, 5.74) is 5.99. The second-order valence-electron chi connectivity index (χ2n) is 4.15. The number of phenolic OH excluding ortho intramolecular Hbond substituents is 1. The summed E-state index contributed by atoms with van der Waals surface area (Å²) in [7, 11) is -3.67. The molecule has 0 saturated carbocycles. The van der Waals surface area contributed by atoms with E-state index in [1.54, 1.807) is 0 Å². The maximum Gasteiger partial charge on any atom is 0.182 e. The summed E-state index contributed by atoms with van der Waals surface area (Å²) in [6.07, 6.45) is 0. The minimum atomic E-state index is -3.67. The molecule has 0 bridgehead atoms. The summed E-state index contributed by atoms with van der Waals surface area (Å²) >= 11 is 0. The van der Waals surface area contributed by atoms with Crippen LogP contribution in [0.2, 0.25) is 0 Å². The highest BCUT2D eigenvalue weighted by Gasteiger charge is 2.17. The number of anilines is 1. The van der Waals surface area contributed by atoms with E-state index in [2.05, 4.69) is 0 Å². The van der Waals surface area contributed by atoms with E-state index >= 15 is 0 Å². The molecule has 0 unspecified atom stereocenters. The van der Waals surface area contributed by atoms with Crippen LogP contribution in [0.25, 0.3) is 0 Å². The van der Waals surface area contributed by atoms with Gasteiger partial charge in [-0.2, -0.15) is 0 Å². The van der Waals surface area contributed by atoms with Crippen molar-refractivity contribution in [3.05, 3.63) is 53.8 Å². The van der Waals surface area contributed by atoms with Gasteiger partial charge in [-0.1, -0.05) is 12.1 Å². The van der Waals surface area contributed by atoms with Gasteiger partial charge in [0, 0.05) is 5.69 Å². The highest BCUT2D eigenvalue weighted by molar-refractivity contribution is 7.90. The zero-order valence-electron chi connectivity index (χ0n) is 9.88. The molecule has 0 amide bonds. The molecule has 0 radical (unpaired) electrons. The normalized spacial score (nSPS) is 11.4. The number of rotatable bonds is 3. The summed E-state index contributed by atoms with van der Waals surface area (Å²) in [4.78, 5) is -0.155. The third-order valence-electron chi connectivity index (χ3n) is 2.55. The predicted molar refractivity (Wildman–Crippen MR) is 69.8 cm³/mol. The summed E-state index contributed by atoms with van der Waals surface area (Å²) in [5, 5.41) is 9.13. The van der Waals surface area contributed by atoms with Crippen LogP contribution in [0.15, 0.2) is 47.4 Å². The molecular weight excluding hydrogens is 269 g/mol. The molecule has 3 N–H and O–H groups in total. The van der Waals surface area contributed by atoms with Crippen molar-refractivity contribution >= 4 is 15.5 Å². The molecule has 100 valence electrons. The van der Waals surface area contributed by atoms with Crippen LogP contribution < -0.4 is 5.73 Å². The van der Waals surface area contributed by atoms with Crippen LogP contribution >= 0.6 is 0 Å². The Labute approximate surface area is 110 Å². The van der Waals surface area contributed by atoms with Crippen LogP contribution in [0.4, 0.5) is 10.1 Å². The standard InChI is InChI=1S/C13H12FNO3S/c14-10-5-11(15)7-13(6-10)19(17,18)8-9-1-3-12(16)4-2-9/h1-7,16H,8,15H2.